The highest BCUT2D eigenvalue weighted by atomic mass is 16.1. The lowest BCUT2D eigenvalue weighted by Crippen LogP contribution is -2.34. The summed E-state index contributed by atoms with van der Waals surface area (Å²) in [6.07, 6.45) is 8.96. The Kier molecular flexibility index (Phi) is 4.85. The van der Waals surface area contributed by atoms with E-state index < -0.39 is 0 Å². The van der Waals surface area contributed by atoms with E-state index in [1.54, 1.807) is 29.4 Å². The van der Waals surface area contributed by atoms with E-state index in [1.807, 2.05) is 18.2 Å². The molecule has 0 saturated carbocycles. The predicted octanol–water partition coefficient (Wildman–Crippen LogP) is 4.79. The molecule has 1 aliphatic rings. The smallest absolute Gasteiger partial charge is 0.259 e. The van der Waals surface area contributed by atoms with Crippen LogP contribution in [-0.4, -0.2) is 24.7 Å². The Morgan fingerprint density at radius 3 is 2.36 bits per heavy atom. The Labute approximate surface area is 192 Å². The number of carbonyl (C=O) groups is 1. The van der Waals surface area contributed by atoms with Crippen molar-refractivity contribution >= 4 is 11.6 Å². The molecule has 0 radical (unpaired) electrons. The molecule has 6 heteroatoms. The summed E-state index contributed by atoms with van der Waals surface area (Å²) >= 11 is 0. The van der Waals surface area contributed by atoms with Crippen molar-refractivity contribution in [1.82, 2.24) is 18.9 Å². The average Bonchev–Trinajstić information content (AvgIpc) is 3.20. The summed E-state index contributed by atoms with van der Waals surface area (Å²) in [5.41, 5.74) is 4.62. The molecule has 4 aromatic rings. The van der Waals surface area contributed by atoms with Gasteiger partial charge in [0, 0.05) is 42.0 Å². The first-order chi connectivity index (χ1) is 15.7. The van der Waals surface area contributed by atoms with Gasteiger partial charge in [-0.05, 0) is 53.0 Å². The van der Waals surface area contributed by atoms with Gasteiger partial charge in [-0.3, -0.25) is 19.0 Å². The molecule has 5 rings (SSSR count). The van der Waals surface area contributed by atoms with E-state index in [1.165, 1.54) is 21.6 Å². The fourth-order valence-electron chi connectivity index (χ4n) is 4.84. The van der Waals surface area contributed by atoms with Crippen molar-refractivity contribution in [2.45, 2.75) is 57.9 Å². The molecule has 6 nitrogen and oxygen atoms in total. The zero-order valence-corrected chi connectivity index (χ0v) is 19.5. The minimum absolute atomic E-state index is 0.00126. The Morgan fingerprint density at radius 2 is 1.64 bits per heavy atom. The van der Waals surface area contributed by atoms with Crippen LogP contribution in [0.25, 0.3) is 17.0 Å². The van der Waals surface area contributed by atoms with Crippen LogP contribution in [0.2, 0.25) is 0 Å². The van der Waals surface area contributed by atoms with E-state index in [0.29, 0.717) is 17.0 Å². The van der Waals surface area contributed by atoms with Crippen LogP contribution in [0, 0.1) is 0 Å². The molecule has 33 heavy (non-hydrogen) atoms. The summed E-state index contributed by atoms with van der Waals surface area (Å²) < 4.78 is 3.21. The van der Waals surface area contributed by atoms with Crippen LogP contribution in [0.4, 0.5) is 0 Å². The number of nitrogens with zero attached hydrogens (tertiary/aromatic N) is 4. The molecule has 3 heterocycles. The van der Waals surface area contributed by atoms with Crippen LogP contribution in [0.3, 0.4) is 0 Å². The number of ketones is 1. The van der Waals surface area contributed by atoms with Gasteiger partial charge in [0.25, 0.3) is 5.56 Å². The zero-order chi connectivity index (χ0) is 23.4. The fraction of sp³-hybridized carbons (Fsp3) is 0.333. The number of hydrogen-bond donors (Lipinski definition) is 0. The molecule has 0 atom stereocenters. The maximum Gasteiger partial charge on any atom is 0.259 e. The summed E-state index contributed by atoms with van der Waals surface area (Å²) in [6, 6.07) is 11.3. The van der Waals surface area contributed by atoms with Crippen LogP contribution in [0.15, 0.2) is 66.0 Å². The van der Waals surface area contributed by atoms with Crippen molar-refractivity contribution < 1.29 is 4.79 Å². The summed E-state index contributed by atoms with van der Waals surface area (Å²) in [5, 5.41) is 0. The average molecular weight is 441 g/mol. The second kappa shape index (κ2) is 7.51. The second-order valence-electron chi connectivity index (χ2n) is 10.3. The van der Waals surface area contributed by atoms with Gasteiger partial charge in [0.1, 0.15) is 0 Å². The third-order valence-electron chi connectivity index (χ3n) is 7.05. The maximum absolute atomic E-state index is 13.3. The van der Waals surface area contributed by atoms with Gasteiger partial charge in [-0.25, -0.2) is 4.98 Å². The van der Waals surface area contributed by atoms with Gasteiger partial charge in [0.2, 0.25) is 5.78 Å². The number of imidazole rings is 1. The molecule has 1 aliphatic carbocycles. The summed E-state index contributed by atoms with van der Waals surface area (Å²) in [7, 11) is 0. The normalized spacial score (nSPS) is 16.5. The van der Waals surface area contributed by atoms with Crippen molar-refractivity contribution in [1.29, 1.82) is 0 Å². The number of pyridine rings is 1. The maximum atomic E-state index is 13.3. The quantitative estimate of drug-likeness (QED) is 0.428. The SMILES string of the molecule is CC1(C)CCC(C)(C)c2cc(C(=O)Cn3ccn4c(=O)cc(-c5ccncc5)nc34)ccc21. The first-order valence-electron chi connectivity index (χ1n) is 11.3. The first kappa shape index (κ1) is 21.3. The molecule has 1 aromatic carbocycles. The highest BCUT2D eigenvalue weighted by Crippen LogP contribution is 2.45. The lowest BCUT2D eigenvalue weighted by atomic mass is 9.63. The molecule has 0 unspecified atom stereocenters. The van der Waals surface area contributed by atoms with Crippen molar-refractivity contribution in [2.75, 3.05) is 0 Å². The van der Waals surface area contributed by atoms with Crippen LogP contribution in [-0.2, 0) is 17.4 Å². The summed E-state index contributed by atoms with van der Waals surface area (Å²) in [5.74, 6) is 0.445. The molecule has 0 aliphatic heterocycles. The highest BCUT2D eigenvalue weighted by molar-refractivity contribution is 5.96. The van der Waals surface area contributed by atoms with Crippen molar-refractivity contribution in [3.05, 3.63) is 88.2 Å². The van der Waals surface area contributed by atoms with Crippen LogP contribution >= 0.6 is 0 Å². The van der Waals surface area contributed by atoms with Crippen LogP contribution in [0.5, 0.6) is 0 Å². The zero-order valence-electron chi connectivity index (χ0n) is 19.5. The van der Waals surface area contributed by atoms with Crippen molar-refractivity contribution in [3.8, 4) is 11.3 Å². The van der Waals surface area contributed by atoms with Gasteiger partial charge in [-0.1, -0.05) is 39.8 Å². The Balaban J connectivity index is 1.51. The van der Waals surface area contributed by atoms with E-state index in [4.69, 9.17) is 0 Å². The molecule has 0 amide bonds. The van der Waals surface area contributed by atoms with E-state index in [-0.39, 0.29) is 28.7 Å². The van der Waals surface area contributed by atoms with E-state index >= 15 is 0 Å². The number of hydrogen-bond acceptors (Lipinski definition) is 4. The summed E-state index contributed by atoms with van der Waals surface area (Å²) in [4.78, 5) is 34.6. The van der Waals surface area contributed by atoms with E-state index in [2.05, 4.69) is 49.8 Å². The van der Waals surface area contributed by atoms with Crippen LogP contribution < -0.4 is 5.56 Å². The molecule has 0 saturated heterocycles. The molecular weight excluding hydrogens is 412 g/mol. The number of benzene rings is 1. The highest BCUT2D eigenvalue weighted by Gasteiger charge is 2.37. The second-order valence-corrected chi connectivity index (χ2v) is 10.3. The largest absolute Gasteiger partial charge is 0.309 e. The molecule has 0 fully saturated rings. The van der Waals surface area contributed by atoms with Gasteiger partial charge in [0.15, 0.2) is 5.78 Å². The fourth-order valence-corrected chi connectivity index (χ4v) is 4.84. The Morgan fingerprint density at radius 1 is 0.939 bits per heavy atom. The molecule has 3 aromatic heterocycles. The topological polar surface area (TPSA) is 69.3 Å². The van der Waals surface area contributed by atoms with Gasteiger partial charge in [-0.2, -0.15) is 0 Å². The minimum Gasteiger partial charge on any atom is -0.309 e. The third-order valence-corrected chi connectivity index (χ3v) is 7.05. The first-order valence-corrected chi connectivity index (χ1v) is 11.3. The number of fused-ring (bicyclic) bond motifs is 2. The molecule has 0 spiro atoms. The van der Waals surface area contributed by atoms with E-state index in [9.17, 15) is 9.59 Å². The Hall–Kier alpha value is -3.54. The number of aromatic nitrogens is 4. The van der Waals surface area contributed by atoms with Gasteiger partial charge in [0.05, 0.1) is 12.2 Å². The lowest BCUT2D eigenvalue weighted by Gasteiger charge is -2.42. The van der Waals surface area contributed by atoms with Gasteiger partial charge in [-0.15, -0.1) is 0 Å². The standard InChI is InChI=1S/C27H28N4O2/c1-26(2)9-10-27(3,4)21-15-19(5-6-20(21)26)23(32)17-30-13-14-31-24(33)16-22(29-25(30)31)18-7-11-28-12-8-18/h5-8,11-16H,9-10,17H2,1-4H3. The van der Waals surface area contributed by atoms with Gasteiger partial charge >= 0.3 is 0 Å². The monoisotopic (exact) mass is 440 g/mol. The number of Topliss-reactive ketones (excluding diaryl/α,β-unsaturated/α-hetero) is 1. The van der Waals surface area contributed by atoms with Crippen molar-refractivity contribution in [3.63, 3.8) is 0 Å². The molecular formula is C27H28N4O2. The summed E-state index contributed by atoms with van der Waals surface area (Å²) in [6.45, 7) is 9.18. The molecule has 0 bridgehead atoms. The number of rotatable bonds is 4. The van der Waals surface area contributed by atoms with Crippen LogP contribution in [0.1, 0.15) is 62.0 Å². The Bertz CT molecular complexity index is 1430. The number of carbonyl (C=O) groups excluding carboxylic acids is 1. The van der Waals surface area contributed by atoms with Crippen molar-refractivity contribution in [2.24, 2.45) is 0 Å². The third kappa shape index (κ3) is 3.69. The lowest BCUT2D eigenvalue weighted by molar-refractivity contribution is 0.0973. The van der Waals surface area contributed by atoms with E-state index in [0.717, 1.165) is 18.4 Å². The minimum atomic E-state index is -0.184. The van der Waals surface area contributed by atoms with Gasteiger partial charge < -0.3 is 4.57 Å². The predicted molar refractivity (Wildman–Crippen MR) is 129 cm³/mol. The molecule has 0 N–H and O–H groups in total. The molecule has 168 valence electrons.